The molecule has 0 spiro atoms. The van der Waals surface area contributed by atoms with Crippen LogP contribution in [-0.4, -0.2) is 8.07 Å². The van der Waals surface area contributed by atoms with Crippen molar-refractivity contribution in [2.75, 3.05) is 0 Å². The molecule has 144 valence electrons. The van der Waals surface area contributed by atoms with Gasteiger partial charge in [-0.3, -0.25) is 0 Å². The van der Waals surface area contributed by atoms with Crippen molar-refractivity contribution < 1.29 is 57.7 Å². The maximum atomic E-state index is 2.55. The van der Waals surface area contributed by atoms with E-state index in [1.807, 2.05) is 0 Å². The zero-order valence-corrected chi connectivity index (χ0v) is 22.0. The van der Waals surface area contributed by atoms with Gasteiger partial charge in [-0.1, -0.05) is 0 Å². The average molecular weight is 466 g/mol. The van der Waals surface area contributed by atoms with E-state index < -0.39 is 8.07 Å². The Morgan fingerprint density at radius 1 is 0.808 bits per heavy atom. The number of allylic oxidation sites excluding steroid dienone is 4. The van der Waals surface area contributed by atoms with Crippen LogP contribution < -0.4 is 42.4 Å². The average Bonchev–Trinajstić information content (AvgIpc) is 2.65. The second-order valence-corrected chi connectivity index (χ2v) is 14.3. The standard InChI is InChI=1S/C21H31Si.3ClH.Ti/c1-15(2)22(16(3)4,20-12-10-9-11-13-20)21(8)14-17(5)18(6)19(21)7;;;;/h9-13,15-16H,1-8H3;3*1H;/q;;;;+3/p-3. The van der Waals surface area contributed by atoms with Crippen molar-refractivity contribution in [2.24, 2.45) is 0 Å². The molecule has 1 aromatic carbocycles. The number of hydrogen-bond donors (Lipinski definition) is 0. The van der Waals surface area contributed by atoms with Crippen LogP contribution in [0.3, 0.4) is 0 Å². The minimum atomic E-state index is -1.84. The fourth-order valence-corrected chi connectivity index (χ4v) is 14.7. The van der Waals surface area contributed by atoms with Gasteiger partial charge in [-0.25, -0.2) is 0 Å². The molecule has 1 atom stereocenters. The Hall–Kier alpha value is 0.501. The van der Waals surface area contributed by atoms with E-state index in [1.165, 1.54) is 11.1 Å². The van der Waals surface area contributed by atoms with Gasteiger partial charge in [-0.15, -0.1) is 0 Å². The molecule has 0 fully saturated rings. The van der Waals surface area contributed by atoms with Gasteiger partial charge >= 0.3 is 156 Å². The summed E-state index contributed by atoms with van der Waals surface area (Å²) in [7, 11) is -1.84. The van der Waals surface area contributed by atoms with Crippen LogP contribution in [0.5, 0.6) is 0 Å². The fourth-order valence-electron chi connectivity index (χ4n) is 5.41. The van der Waals surface area contributed by atoms with Crippen LogP contribution >= 0.6 is 0 Å². The molecule has 0 nitrogen and oxygen atoms in total. The van der Waals surface area contributed by atoms with Gasteiger partial charge in [-0.05, 0) is 0 Å². The van der Waals surface area contributed by atoms with Crippen molar-refractivity contribution in [2.45, 2.75) is 71.5 Å². The maximum Gasteiger partial charge on any atom is -1.00 e. The molecule has 1 unspecified atom stereocenters. The number of rotatable bonds is 4. The van der Waals surface area contributed by atoms with Crippen LogP contribution in [0.4, 0.5) is 0 Å². The summed E-state index contributed by atoms with van der Waals surface area (Å²) in [5, 5.41) is 1.83. The summed E-state index contributed by atoms with van der Waals surface area (Å²) in [6.07, 6.45) is 0. The molecule has 0 radical (unpaired) electrons. The Kier molecular flexibility index (Phi) is 11.4. The predicted octanol–water partition coefficient (Wildman–Crippen LogP) is -2.89. The molecular formula is C21H31Cl3SiTi. The summed E-state index contributed by atoms with van der Waals surface area (Å²) in [6, 6.07) is 11.4. The van der Waals surface area contributed by atoms with Crippen LogP contribution in [0.15, 0.2) is 50.9 Å². The third-order valence-electron chi connectivity index (χ3n) is 6.65. The third kappa shape index (κ3) is 3.82. The molecule has 0 amide bonds. The van der Waals surface area contributed by atoms with Crippen molar-refractivity contribution in [1.29, 1.82) is 0 Å². The number of benzene rings is 1. The summed E-state index contributed by atoms with van der Waals surface area (Å²) in [5.41, 5.74) is 6.06. The largest absolute Gasteiger partial charge is 1.00 e. The second kappa shape index (κ2) is 10.3. The van der Waals surface area contributed by atoms with Gasteiger partial charge in [0.25, 0.3) is 0 Å². The Morgan fingerprint density at radius 2 is 1.23 bits per heavy atom. The molecule has 0 heterocycles. The summed E-state index contributed by atoms with van der Waals surface area (Å²) in [5.74, 6) is 0. The molecule has 0 N–H and O–H groups in total. The fraction of sp³-hybridized carbons (Fsp3) is 0.524. The van der Waals surface area contributed by atoms with Crippen LogP contribution in [-0.2, 0) is 20.4 Å². The monoisotopic (exact) mass is 464 g/mol. The smallest absolute Gasteiger partial charge is 1.00 e. The van der Waals surface area contributed by atoms with Gasteiger partial charge in [0.05, 0.1) is 0 Å². The zero-order valence-electron chi connectivity index (χ0n) is 17.2. The van der Waals surface area contributed by atoms with E-state index >= 15 is 0 Å². The minimum Gasteiger partial charge on any atom is -1.00 e. The summed E-state index contributed by atoms with van der Waals surface area (Å²) in [4.78, 5) is 0. The minimum absolute atomic E-state index is 0. The van der Waals surface area contributed by atoms with E-state index in [4.69, 9.17) is 0 Å². The predicted molar refractivity (Wildman–Crippen MR) is 101 cm³/mol. The first-order valence-electron chi connectivity index (χ1n) is 8.80. The van der Waals surface area contributed by atoms with Crippen molar-refractivity contribution >= 4 is 13.3 Å². The summed E-state index contributed by atoms with van der Waals surface area (Å²) < 4.78 is 1.62. The van der Waals surface area contributed by atoms with E-state index in [-0.39, 0.29) is 42.3 Å². The molecule has 1 aliphatic rings. The van der Waals surface area contributed by atoms with Crippen molar-refractivity contribution in [3.8, 4) is 0 Å². The first-order valence-corrected chi connectivity index (χ1v) is 11.7. The zero-order chi connectivity index (χ0) is 17.6. The summed E-state index contributed by atoms with van der Waals surface area (Å²) >= 11 is 2.39. The SMILES string of the molecule is CC1=C(C)C(C)([Si](c2ccccc2)(C(C)C)C(C)C)[C]([Ti+3])=C1C.[Cl-].[Cl-].[Cl-]. The van der Waals surface area contributed by atoms with E-state index in [1.54, 1.807) is 14.6 Å². The quantitative estimate of drug-likeness (QED) is 0.419. The Bertz CT molecular complexity index is 631. The Morgan fingerprint density at radius 3 is 1.54 bits per heavy atom. The van der Waals surface area contributed by atoms with E-state index in [2.05, 4.69) is 106 Å². The van der Waals surface area contributed by atoms with Gasteiger partial charge in [0, 0.05) is 0 Å². The molecule has 1 aromatic rings. The second-order valence-electron chi connectivity index (χ2n) is 7.92. The molecule has 0 aromatic heterocycles. The first kappa shape index (κ1) is 28.7. The van der Waals surface area contributed by atoms with Gasteiger partial charge in [0.2, 0.25) is 0 Å². The van der Waals surface area contributed by atoms with Crippen LogP contribution in [0.2, 0.25) is 16.1 Å². The van der Waals surface area contributed by atoms with E-state index in [0.717, 1.165) is 0 Å². The summed E-state index contributed by atoms with van der Waals surface area (Å²) in [6.45, 7) is 19.5. The van der Waals surface area contributed by atoms with E-state index in [9.17, 15) is 0 Å². The van der Waals surface area contributed by atoms with Crippen LogP contribution in [0.25, 0.3) is 0 Å². The normalized spacial score (nSPS) is 20.2. The Balaban J connectivity index is 0. The molecule has 1 aliphatic carbocycles. The van der Waals surface area contributed by atoms with Crippen molar-refractivity contribution in [3.05, 3.63) is 50.9 Å². The molecule has 0 saturated carbocycles. The Labute approximate surface area is 192 Å². The van der Waals surface area contributed by atoms with Gasteiger partial charge in [-0.2, -0.15) is 0 Å². The molecule has 0 bridgehead atoms. The molecule has 0 aliphatic heterocycles. The number of halogens is 3. The van der Waals surface area contributed by atoms with Crippen LogP contribution in [0.1, 0.15) is 55.4 Å². The van der Waals surface area contributed by atoms with Gasteiger partial charge < -0.3 is 37.2 Å². The van der Waals surface area contributed by atoms with Gasteiger partial charge in [0.15, 0.2) is 0 Å². The molecule has 0 saturated heterocycles. The maximum absolute atomic E-state index is 2.55. The molecule has 5 heteroatoms. The molecule has 26 heavy (non-hydrogen) atoms. The number of hydrogen-bond acceptors (Lipinski definition) is 0. The first-order chi connectivity index (χ1) is 10.6. The topological polar surface area (TPSA) is 0 Å². The van der Waals surface area contributed by atoms with Gasteiger partial charge in [0.1, 0.15) is 0 Å². The molecular weight excluding hydrogens is 435 g/mol. The molecule has 2 rings (SSSR count). The third-order valence-corrected chi connectivity index (χ3v) is 15.6. The van der Waals surface area contributed by atoms with Crippen molar-refractivity contribution in [3.63, 3.8) is 0 Å². The van der Waals surface area contributed by atoms with E-state index in [0.29, 0.717) is 11.1 Å². The van der Waals surface area contributed by atoms with Crippen molar-refractivity contribution in [1.82, 2.24) is 0 Å². The van der Waals surface area contributed by atoms with Crippen LogP contribution in [0, 0.1) is 0 Å².